The van der Waals surface area contributed by atoms with Gasteiger partial charge >= 0.3 is 0 Å². The van der Waals surface area contributed by atoms with Crippen molar-refractivity contribution >= 4 is 24.8 Å². The molecule has 1 aliphatic rings. The van der Waals surface area contributed by atoms with Crippen LogP contribution in [-0.2, 0) is 4.74 Å². The summed E-state index contributed by atoms with van der Waals surface area (Å²) in [6.07, 6.45) is 0.378. The lowest BCUT2D eigenvalue weighted by Gasteiger charge is -2.22. The molecule has 0 aromatic heterocycles. The average Bonchev–Trinajstić information content (AvgIpc) is 1.91. The van der Waals surface area contributed by atoms with Gasteiger partial charge in [0.1, 0.15) is 0 Å². The van der Waals surface area contributed by atoms with Gasteiger partial charge in [-0.25, -0.2) is 0 Å². The van der Waals surface area contributed by atoms with Gasteiger partial charge in [0.05, 0.1) is 12.7 Å². The third-order valence-electron chi connectivity index (χ3n) is 1.44. The standard InChI is InChI=1S/C6H14N2O.2ClH.H2O/c1-7-4-6-5-8-2-3-9-6;;;/h6-8H,2-5H2,1H3;2*1H;1H2. The second kappa shape index (κ2) is 11.4. The predicted molar refractivity (Wildman–Crippen MR) is 54.6 cm³/mol. The van der Waals surface area contributed by atoms with Gasteiger partial charge in [0, 0.05) is 19.6 Å². The summed E-state index contributed by atoms with van der Waals surface area (Å²) in [6, 6.07) is 0. The van der Waals surface area contributed by atoms with Crippen LogP contribution in [-0.4, -0.2) is 44.9 Å². The van der Waals surface area contributed by atoms with E-state index < -0.39 is 0 Å². The fourth-order valence-electron chi connectivity index (χ4n) is 0.979. The molecule has 1 rings (SSSR count). The minimum absolute atomic E-state index is 0. The van der Waals surface area contributed by atoms with Crippen molar-refractivity contribution in [3.63, 3.8) is 0 Å². The molecule has 12 heavy (non-hydrogen) atoms. The molecule has 0 aromatic rings. The number of likely N-dealkylation sites (N-methyl/N-ethyl adjacent to an activating group) is 1. The van der Waals surface area contributed by atoms with Crippen LogP contribution in [0.15, 0.2) is 0 Å². The molecular weight excluding hydrogens is 203 g/mol. The first-order valence-electron chi connectivity index (χ1n) is 3.40. The molecule has 0 radical (unpaired) electrons. The molecule has 1 aliphatic heterocycles. The second-order valence-electron chi connectivity index (χ2n) is 2.25. The highest BCUT2D eigenvalue weighted by atomic mass is 35.5. The number of rotatable bonds is 2. The molecule has 1 fully saturated rings. The summed E-state index contributed by atoms with van der Waals surface area (Å²) in [5.41, 5.74) is 0. The van der Waals surface area contributed by atoms with Crippen molar-refractivity contribution in [2.75, 3.05) is 33.3 Å². The summed E-state index contributed by atoms with van der Waals surface area (Å²) in [4.78, 5) is 0. The highest BCUT2D eigenvalue weighted by Gasteiger charge is 2.10. The van der Waals surface area contributed by atoms with Gasteiger partial charge in [-0.2, -0.15) is 0 Å². The number of halogens is 2. The van der Waals surface area contributed by atoms with E-state index >= 15 is 0 Å². The SMILES string of the molecule is CNCC1CNCCO1.Cl.Cl.O. The van der Waals surface area contributed by atoms with E-state index in [0.717, 1.165) is 26.2 Å². The van der Waals surface area contributed by atoms with Crippen molar-refractivity contribution < 1.29 is 10.2 Å². The molecule has 0 spiro atoms. The highest BCUT2D eigenvalue weighted by molar-refractivity contribution is 5.85. The maximum Gasteiger partial charge on any atom is 0.0824 e. The first-order valence-corrected chi connectivity index (χ1v) is 3.40. The van der Waals surface area contributed by atoms with Crippen LogP contribution in [0.5, 0.6) is 0 Å². The van der Waals surface area contributed by atoms with Crippen LogP contribution < -0.4 is 10.6 Å². The molecule has 0 aliphatic carbocycles. The molecule has 0 bridgehead atoms. The van der Waals surface area contributed by atoms with Crippen LogP contribution in [0.4, 0.5) is 0 Å². The summed E-state index contributed by atoms with van der Waals surface area (Å²) < 4.78 is 5.39. The Bertz CT molecular complexity index is 79.2. The molecule has 0 amide bonds. The van der Waals surface area contributed by atoms with Gasteiger partial charge in [-0.15, -0.1) is 24.8 Å². The molecule has 4 nitrogen and oxygen atoms in total. The summed E-state index contributed by atoms with van der Waals surface area (Å²) in [5, 5.41) is 6.33. The Balaban J connectivity index is -0.000000270. The van der Waals surface area contributed by atoms with Gasteiger partial charge in [-0.1, -0.05) is 0 Å². The lowest BCUT2D eigenvalue weighted by Crippen LogP contribution is -2.43. The topological polar surface area (TPSA) is 64.8 Å². The minimum atomic E-state index is 0. The van der Waals surface area contributed by atoms with Crippen molar-refractivity contribution in [2.24, 2.45) is 0 Å². The Morgan fingerprint density at radius 2 is 2.17 bits per heavy atom. The van der Waals surface area contributed by atoms with E-state index in [1.807, 2.05) is 7.05 Å². The lowest BCUT2D eigenvalue weighted by atomic mass is 10.3. The number of hydrogen-bond acceptors (Lipinski definition) is 3. The monoisotopic (exact) mass is 220 g/mol. The first kappa shape index (κ1) is 18.3. The van der Waals surface area contributed by atoms with Gasteiger partial charge in [-0.3, -0.25) is 0 Å². The van der Waals surface area contributed by atoms with Crippen LogP contribution in [0, 0.1) is 0 Å². The zero-order chi connectivity index (χ0) is 6.53. The molecule has 0 aromatic carbocycles. The summed E-state index contributed by atoms with van der Waals surface area (Å²) in [7, 11) is 1.94. The molecular formula is C6H18Cl2N2O2. The smallest absolute Gasteiger partial charge is 0.0824 e. The van der Waals surface area contributed by atoms with Crippen LogP contribution in [0.3, 0.4) is 0 Å². The Morgan fingerprint density at radius 3 is 2.58 bits per heavy atom. The van der Waals surface area contributed by atoms with Crippen molar-refractivity contribution in [1.29, 1.82) is 0 Å². The van der Waals surface area contributed by atoms with E-state index in [4.69, 9.17) is 4.74 Å². The van der Waals surface area contributed by atoms with Crippen molar-refractivity contribution in [3.8, 4) is 0 Å². The third-order valence-corrected chi connectivity index (χ3v) is 1.44. The molecule has 1 atom stereocenters. The molecule has 1 heterocycles. The van der Waals surface area contributed by atoms with E-state index in [2.05, 4.69) is 10.6 Å². The summed E-state index contributed by atoms with van der Waals surface area (Å²) in [6.45, 7) is 3.79. The molecule has 4 N–H and O–H groups in total. The Kier molecular flexibility index (Phi) is 17.4. The third kappa shape index (κ3) is 7.09. The molecule has 0 saturated carbocycles. The molecule has 6 heteroatoms. The number of nitrogens with one attached hydrogen (secondary N) is 2. The molecule has 78 valence electrons. The van der Waals surface area contributed by atoms with Crippen LogP contribution in [0.2, 0.25) is 0 Å². The van der Waals surface area contributed by atoms with Crippen molar-refractivity contribution in [2.45, 2.75) is 6.10 Å². The lowest BCUT2D eigenvalue weighted by molar-refractivity contribution is 0.0304. The van der Waals surface area contributed by atoms with Gasteiger partial charge in [-0.05, 0) is 7.05 Å². The Labute approximate surface area is 85.6 Å². The van der Waals surface area contributed by atoms with Gasteiger partial charge in [0.25, 0.3) is 0 Å². The van der Waals surface area contributed by atoms with E-state index in [0.29, 0.717) is 6.10 Å². The second-order valence-corrected chi connectivity index (χ2v) is 2.25. The number of hydrogen-bond donors (Lipinski definition) is 2. The average molecular weight is 221 g/mol. The maximum atomic E-state index is 5.39. The summed E-state index contributed by atoms with van der Waals surface area (Å²) in [5.74, 6) is 0. The first-order chi connectivity index (χ1) is 4.43. The zero-order valence-electron chi connectivity index (χ0n) is 7.13. The molecule has 1 unspecified atom stereocenters. The van der Waals surface area contributed by atoms with E-state index in [1.54, 1.807) is 0 Å². The fraction of sp³-hybridized carbons (Fsp3) is 1.00. The van der Waals surface area contributed by atoms with Gasteiger partial charge in [0.2, 0.25) is 0 Å². The fourth-order valence-corrected chi connectivity index (χ4v) is 0.979. The van der Waals surface area contributed by atoms with Crippen molar-refractivity contribution in [1.82, 2.24) is 10.6 Å². The van der Waals surface area contributed by atoms with Crippen LogP contribution in [0.1, 0.15) is 0 Å². The Hall–Kier alpha value is 0.420. The predicted octanol–water partition coefficient (Wildman–Crippen LogP) is -0.787. The quantitative estimate of drug-likeness (QED) is 0.642. The maximum absolute atomic E-state index is 5.39. The summed E-state index contributed by atoms with van der Waals surface area (Å²) >= 11 is 0. The van der Waals surface area contributed by atoms with Crippen molar-refractivity contribution in [3.05, 3.63) is 0 Å². The highest BCUT2D eigenvalue weighted by Crippen LogP contribution is 1.92. The van der Waals surface area contributed by atoms with E-state index in [1.165, 1.54) is 0 Å². The Morgan fingerprint density at radius 1 is 1.50 bits per heavy atom. The van der Waals surface area contributed by atoms with Crippen LogP contribution >= 0.6 is 24.8 Å². The normalized spacial score (nSPS) is 21.2. The van der Waals surface area contributed by atoms with Crippen LogP contribution in [0.25, 0.3) is 0 Å². The van der Waals surface area contributed by atoms with E-state index in [-0.39, 0.29) is 30.3 Å². The van der Waals surface area contributed by atoms with Gasteiger partial charge in [0.15, 0.2) is 0 Å². The zero-order valence-corrected chi connectivity index (χ0v) is 8.76. The van der Waals surface area contributed by atoms with E-state index in [9.17, 15) is 0 Å². The minimum Gasteiger partial charge on any atom is -0.412 e. The number of ether oxygens (including phenoxy) is 1. The molecule has 1 saturated heterocycles. The van der Waals surface area contributed by atoms with Gasteiger partial charge < -0.3 is 20.8 Å². The number of morpholine rings is 1. The largest absolute Gasteiger partial charge is 0.412 e.